The van der Waals surface area contributed by atoms with Crippen LogP contribution in [0, 0.1) is 11.8 Å². The van der Waals surface area contributed by atoms with Crippen LogP contribution in [0.5, 0.6) is 0 Å². The molecule has 0 spiro atoms. The van der Waals surface area contributed by atoms with Crippen molar-refractivity contribution < 1.29 is 19.1 Å². The van der Waals surface area contributed by atoms with Crippen molar-refractivity contribution in [2.75, 3.05) is 25.0 Å². The number of carbonyl (C=O) groups excluding carboxylic acids is 3. The molecule has 2 heterocycles. The highest BCUT2D eigenvalue weighted by atomic mass is 32.1. The maximum Gasteiger partial charge on any atom is 0.341 e. The molecule has 6 nitrogen and oxygen atoms in total. The Balaban J connectivity index is 1.40. The molecule has 1 aromatic heterocycles. The van der Waals surface area contributed by atoms with E-state index >= 15 is 0 Å². The van der Waals surface area contributed by atoms with E-state index in [1.54, 1.807) is 0 Å². The molecule has 0 radical (unpaired) electrons. The lowest BCUT2D eigenvalue weighted by Gasteiger charge is -2.41. The number of carbonyl (C=O) groups is 3. The van der Waals surface area contributed by atoms with Gasteiger partial charge in [0, 0.05) is 24.9 Å². The van der Waals surface area contributed by atoms with E-state index in [1.807, 2.05) is 4.90 Å². The van der Waals surface area contributed by atoms with Crippen LogP contribution >= 0.6 is 11.3 Å². The first-order chi connectivity index (χ1) is 14.0. The summed E-state index contributed by atoms with van der Waals surface area (Å²) in [5.41, 5.74) is 1.45. The predicted octanol–water partition coefficient (Wildman–Crippen LogP) is 3.78. The Labute approximate surface area is 176 Å². The van der Waals surface area contributed by atoms with Gasteiger partial charge in [-0.3, -0.25) is 9.59 Å². The van der Waals surface area contributed by atoms with E-state index in [0.29, 0.717) is 16.5 Å². The molecule has 1 aromatic rings. The van der Waals surface area contributed by atoms with Crippen LogP contribution in [-0.2, 0) is 27.2 Å². The van der Waals surface area contributed by atoms with Crippen molar-refractivity contribution in [1.29, 1.82) is 0 Å². The SMILES string of the molecule is CC(=O)Nc1sc2c(c1C(=O)OCC(=O)N1CC[C@@H]3CCCC[C@@H]3C1)CCCC2. The molecule has 158 valence electrons. The number of nitrogens with one attached hydrogen (secondary N) is 1. The second kappa shape index (κ2) is 8.86. The topological polar surface area (TPSA) is 75.7 Å². The number of aryl methyl sites for hydroxylation is 1. The summed E-state index contributed by atoms with van der Waals surface area (Å²) in [6, 6.07) is 0. The van der Waals surface area contributed by atoms with E-state index in [4.69, 9.17) is 4.74 Å². The van der Waals surface area contributed by atoms with Crippen molar-refractivity contribution in [2.24, 2.45) is 11.8 Å². The zero-order valence-electron chi connectivity index (χ0n) is 17.1. The average Bonchev–Trinajstić information content (AvgIpc) is 3.08. The fourth-order valence-corrected chi connectivity index (χ4v) is 6.47. The smallest absolute Gasteiger partial charge is 0.341 e. The Morgan fingerprint density at radius 1 is 1.07 bits per heavy atom. The third-order valence-corrected chi connectivity index (χ3v) is 7.84. The number of likely N-dealkylation sites (tertiary alicyclic amines) is 1. The van der Waals surface area contributed by atoms with Crippen molar-refractivity contribution in [3.63, 3.8) is 0 Å². The van der Waals surface area contributed by atoms with E-state index in [0.717, 1.165) is 61.6 Å². The van der Waals surface area contributed by atoms with Crippen LogP contribution in [0.2, 0.25) is 0 Å². The molecular weight excluding hydrogens is 388 g/mol. The maximum absolute atomic E-state index is 12.9. The molecule has 1 aliphatic heterocycles. The zero-order valence-corrected chi connectivity index (χ0v) is 17.9. The van der Waals surface area contributed by atoms with Crippen molar-refractivity contribution in [2.45, 2.75) is 64.7 Å². The fourth-order valence-electron chi connectivity index (χ4n) is 5.15. The highest BCUT2D eigenvalue weighted by Crippen LogP contribution is 2.39. The first kappa shape index (κ1) is 20.4. The van der Waals surface area contributed by atoms with Gasteiger partial charge in [0.2, 0.25) is 5.91 Å². The number of hydrogen-bond acceptors (Lipinski definition) is 5. The van der Waals surface area contributed by atoms with Crippen LogP contribution in [0.3, 0.4) is 0 Å². The number of hydrogen-bond donors (Lipinski definition) is 1. The van der Waals surface area contributed by atoms with Gasteiger partial charge in [0.1, 0.15) is 5.00 Å². The van der Waals surface area contributed by atoms with E-state index in [-0.39, 0.29) is 18.4 Å². The van der Waals surface area contributed by atoms with Crippen LogP contribution in [0.25, 0.3) is 0 Å². The molecule has 1 saturated heterocycles. The van der Waals surface area contributed by atoms with Crippen molar-refractivity contribution >= 4 is 34.1 Å². The third kappa shape index (κ3) is 4.49. The zero-order chi connectivity index (χ0) is 20.4. The van der Waals surface area contributed by atoms with E-state index in [2.05, 4.69) is 5.32 Å². The standard InChI is InChI=1S/C22H30N2O4S/c1-14(25)23-21-20(17-8-4-5-9-18(17)29-21)22(27)28-13-19(26)24-11-10-15-6-2-3-7-16(15)12-24/h15-16H,2-13H2,1H3,(H,23,25)/t15-,16+/m0/s1. The predicted molar refractivity (Wildman–Crippen MR) is 112 cm³/mol. The van der Waals surface area contributed by atoms with Gasteiger partial charge in [-0.15, -0.1) is 11.3 Å². The molecule has 2 fully saturated rings. The summed E-state index contributed by atoms with van der Waals surface area (Å²) in [6.45, 7) is 2.78. The van der Waals surface area contributed by atoms with Gasteiger partial charge in [0.15, 0.2) is 6.61 Å². The number of anilines is 1. The minimum absolute atomic E-state index is 0.104. The van der Waals surface area contributed by atoms with Crippen molar-refractivity contribution in [1.82, 2.24) is 4.90 Å². The molecule has 2 amide bonds. The summed E-state index contributed by atoms with van der Waals surface area (Å²) in [5.74, 6) is 0.561. The van der Waals surface area contributed by atoms with E-state index < -0.39 is 5.97 Å². The Morgan fingerprint density at radius 3 is 2.62 bits per heavy atom. The number of piperidine rings is 1. The highest BCUT2D eigenvalue weighted by molar-refractivity contribution is 7.17. The quantitative estimate of drug-likeness (QED) is 0.755. The van der Waals surface area contributed by atoms with Crippen LogP contribution < -0.4 is 5.32 Å². The molecule has 1 saturated carbocycles. The number of rotatable bonds is 4. The normalized spacial score (nSPS) is 23.7. The number of nitrogens with zero attached hydrogens (tertiary/aromatic N) is 1. The van der Waals surface area contributed by atoms with Gasteiger partial charge in [-0.05, 0) is 55.9 Å². The Bertz CT molecular complexity index is 803. The van der Waals surface area contributed by atoms with Gasteiger partial charge in [-0.25, -0.2) is 4.79 Å². The number of thiophene rings is 1. The average molecular weight is 419 g/mol. The molecule has 2 aliphatic carbocycles. The first-order valence-corrected chi connectivity index (χ1v) is 11.7. The van der Waals surface area contributed by atoms with Crippen molar-refractivity contribution in [3.05, 3.63) is 16.0 Å². The third-order valence-electron chi connectivity index (χ3n) is 6.64. The lowest BCUT2D eigenvalue weighted by atomic mass is 9.75. The molecule has 3 aliphatic rings. The molecular formula is C22H30N2O4S. The van der Waals surface area contributed by atoms with E-state index in [9.17, 15) is 14.4 Å². The monoisotopic (exact) mass is 418 g/mol. The summed E-state index contributed by atoms with van der Waals surface area (Å²) < 4.78 is 5.45. The Kier molecular flexibility index (Phi) is 6.23. The Hall–Kier alpha value is -1.89. The minimum atomic E-state index is -0.492. The van der Waals surface area contributed by atoms with Crippen LogP contribution in [0.4, 0.5) is 5.00 Å². The summed E-state index contributed by atoms with van der Waals surface area (Å²) in [4.78, 5) is 40.1. The first-order valence-electron chi connectivity index (χ1n) is 10.9. The molecule has 4 rings (SSSR count). The summed E-state index contributed by atoms with van der Waals surface area (Å²) >= 11 is 1.47. The molecule has 0 bridgehead atoms. The number of amides is 2. The molecule has 0 aromatic carbocycles. The number of ether oxygens (including phenoxy) is 1. The van der Waals surface area contributed by atoms with Gasteiger partial charge in [-0.1, -0.05) is 19.3 Å². The Morgan fingerprint density at radius 2 is 1.83 bits per heavy atom. The van der Waals surface area contributed by atoms with Gasteiger partial charge < -0.3 is 15.0 Å². The summed E-state index contributed by atoms with van der Waals surface area (Å²) in [6.07, 6.45) is 9.99. The second-order valence-corrected chi connectivity index (χ2v) is 9.71. The lowest BCUT2D eigenvalue weighted by molar-refractivity contribution is -0.137. The number of esters is 1. The van der Waals surface area contributed by atoms with Gasteiger partial charge >= 0.3 is 5.97 Å². The largest absolute Gasteiger partial charge is 0.452 e. The highest BCUT2D eigenvalue weighted by Gasteiger charge is 2.33. The second-order valence-electron chi connectivity index (χ2n) is 8.61. The maximum atomic E-state index is 12.9. The number of fused-ring (bicyclic) bond motifs is 2. The summed E-state index contributed by atoms with van der Waals surface area (Å²) in [5, 5.41) is 3.34. The van der Waals surface area contributed by atoms with Crippen LogP contribution in [-0.4, -0.2) is 42.4 Å². The molecule has 1 N–H and O–H groups in total. The van der Waals surface area contributed by atoms with Crippen molar-refractivity contribution in [3.8, 4) is 0 Å². The lowest BCUT2D eigenvalue weighted by Crippen LogP contribution is -2.46. The van der Waals surface area contributed by atoms with Crippen LogP contribution in [0.15, 0.2) is 0 Å². The van der Waals surface area contributed by atoms with Crippen LogP contribution in [0.1, 0.15) is 72.7 Å². The van der Waals surface area contributed by atoms with Gasteiger partial charge in [0.05, 0.1) is 5.56 Å². The van der Waals surface area contributed by atoms with Gasteiger partial charge in [-0.2, -0.15) is 0 Å². The van der Waals surface area contributed by atoms with Gasteiger partial charge in [0.25, 0.3) is 5.91 Å². The fraction of sp³-hybridized carbons (Fsp3) is 0.682. The molecule has 2 atom stereocenters. The summed E-state index contributed by atoms with van der Waals surface area (Å²) in [7, 11) is 0. The minimum Gasteiger partial charge on any atom is -0.452 e. The molecule has 0 unspecified atom stereocenters. The molecule has 29 heavy (non-hydrogen) atoms. The molecule has 7 heteroatoms. The van der Waals surface area contributed by atoms with E-state index in [1.165, 1.54) is 43.9 Å².